The molecule has 0 bridgehead atoms. The Labute approximate surface area is 119 Å². The van der Waals surface area contributed by atoms with E-state index in [1.807, 2.05) is 0 Å². The SMILES string of the molecule is Cc1c(NC(=O)C2CCCC2(C)C)cccc1C(=O)O. The number of carbonyl (C=O) groups is 2. The maximum Gasteiger partial charge on any atom is 0.336 e. The number of hydrogen-bond donors (Lipinski definition) is 2. The van der Waals surface area contributed by atoms with Crippen molar-refractivity contribution in [2.75, 3.05) is 5.32 Å². The highest BCUT2D eigenvalue weighted by molar-refractivity contribution is 5.97. The van der Waals surface area contributed by atoms with Crippen LogP contribution in [0.15, 0.2) is 18.2 Å². The van der Waals surface area contributed by atoms with Crippen LogP contribution in [0.3, 0.4) is 0 Å². The fraction of sp³-hybridized carbons (Fsp3) is 0.500. The van der Waals surface area contributed by atoms with E-state index >= 15 is 0 Å². The third kappa shape index (κ3) is 2.69. The fourth-order valence-electron chi connectivity index (χ4n) is 3.04. The average molecular weight is 275 g/mol. The molecule has 1 aliphatic rings. The third-order valence-corrected chi connectivity index (χ3v) is 4.40. The lowest BCUT2D eigenvalue weighted by molar-refractivity contribution is -0.122. The van der Waals surface area contributed by atoms with Gasteiger partial charge >= 0.3 is 5.97 Å². The maximum absolute atomic E-state index is 12.4. The zero-order valence-electron chi connectivity index (χ0n) is 12.2. The summed E-state index contributed by atoms with van der Waals surface area (Å²) in [5.41, 5.74) is 1.44. The van der Waals surface area contributed by atoms with E-state index < -0.39 is 5.97 Å². The number of carboxylic acid groups (broad SMARTS) is 1. The molecule has 2 N–H and O–H groups in total. The van der Waals surface area contributed by atoms with Crippen LogP contribution in [-0.4, -0.2) is 17.0 Å². The van der Waals surface area contributed by atoms with Gasteiger partial charge in [0.15, 0.2) is 0 Å². The smallest absolute Gasteiger partial charge is 0.336 e. The van der Waals surface area contributed by atoms with E-state index in [0.29, 0.717) is 11.3 Å². The second-order valence-corrected chi connectivity index (χ2v) is 6.21. The van der Waals surface area contributed by atoms with Crippen molar-refractivity contribution in [3.63, 3.8) is 0 Å². The van der Waals surface area contributed by atoms with E-state index in [9.17, 15) is 9.59 Å². The normalized spacial score (nSPS) is 20.6. The second kappa shape index (κ2) is 5.27. The monoisotopic (exact) mass is 275 g/mol. The lowest BCUT2D eigenvalue weighted by atomic mass is 9.81. The van der Waals surface area contributed by atoms with Crippen molar-refractivity contribution in [3.05, 3.63) is 29.3 Å². The van der Waals surface area contributed by atoms with Crippen LogP contribution in [0.4, 0.5) is 5.69 Å². The summed E-state index contributed by atoms with van der Waals surface area (Å²) in [4.78, 5) is 23.5. The van der Waals surface area contributed by atoms with E-state index in [4.69, 9.17) is 5.11 Å². The minimum atomic E-state index is -0.972. The van der Waals surface area contributed by atoms with E-state index in [2.05, 4.69) is 19.2 Å². The molecule has 0 heterocycles. The van der Waals surface area contributed by atoms with Crippen LogP contribution in [0.1, 0.15) is 49.0 Å². The van der Waals surface area contributed by atoms with Gasteiger partial charge in [-0.1, -0.05) is 26.3 Å². The molecule has 20 heavy (non-hydrogen) atoms. The molecule has 0 aromatic heterocycles. The van der Waals surface area contributed by atoms with Gasteiger partial charge in [0.05, 0.1) is 5.56 Å². The number of hydrogen-bond acceptors (Lipinski definition) is 2. The van der Waals surface area contributed by atoms with Crippen LogP contribution in [0.2, 0.25) is 0 Å². The summed E-state index contributed by atoms with van der Waals surface area (Å²) in [5, 5.41) is 12.0. The minimum absolute atomic E-state index is 0.00172. The Morgan fingerprint density at radius 3 is 2.60 bits per heavy atom. The Hall–Kier alpha value is -1.84. The zero-order chi connectivity index (χ0) is 14.9. The van der Waals surface area contributed by atoms with Gasteiger partial charge in [-0.2, -0.15) is 0 Å². The van der Waals surface area contributed by atoms with Gasteiger partial charge in [0.25, 0.3) is 0 Å². The van der Waals surface area contributed by atoms with Gasteiger partial charge in [-0.3, -0.25) is 4.79 Å². The summed E-state index contributed by atoms with van der Waals surface area (Å²) in [6, 6.07) is 4.96. The highest BCUT2D eigenvalue weighted by Crippen LogP contribution is 2.43. The van der Waals surface area contributed by atoms with E-state index in [1.54, 1.807) is 25.1 Å². The number of anilines is 1. The highest BCUT2D eigenvalue weighted by atomic mass is 16.4. The lowest BCUT2D eigenvalue weighted by Gasteiger charge is -2.26. The van der Waals surface area contributed by atoms with Gasteiger partial charge in [-0.05, 0) is 42.9 Å². The number of carbonyl (C=O) groups excluding carboxylic acids is 1. The first-order chi connectivity index (χ1) is 9.33. The molecule has 4 nitrogen and oxygen atoms in total. The summed E-state index contributed by atoms with van der Waals surface area (Å²) in [7, 11) is 0. The molecule has 1 amide bonds. The van der Waals surface area contributed by atoms with Crippen molar-refractivity contribution < 1.29 is 14.7 Å². The zero-order valence-corrected chi connectivity index (χ0v) is 12.2. The predicted molar refractivity (Wildman–Crippen MR) is 77.9 cm³/mol. The predicted octanol–water partition coefficient (Wildman–Crippen LogP) is 3.46. The number of rotatable bonds is 3. The molecule has 2 rings (SSSR count). The summed E-state index contributed by atoms with van der Waals surface area (Å²) in [6.45, 7) is 5.95. The summed E-state index contributed by atoms with van der Waals surface area (Å²) < 4.78 is 0. The molecule has 1 saturated carbocycles. The molecular formula is C16H21NO3. The van der Waals surface area contributed by atoms with Gasteiger partial charge in [0.2, 0.25) is 5.91 Å². The molecule has 1 fully saturated rings. The Kier molecular flexibility index (Phi) is 3.84. The molecule has 1 aromatic rings. The summed E-state index contributed by atoms with van der Waals surface area (Å²) >= 11 is 0. The largest absolute Gasteiger partial charge is 0.478 e. The first-order valence-electron chi connectivity index (χ1n) is 6.97. The summed E-state index contributed by atoms with van der Waals surface area (Å²) in [6.07, 6.45) is 3.02. The van der Waals surface area contributed by atoms with Crippen molar-refractivity contribution in [2.24, 2.45) is 11.3 Å². The summed E-state index contributed by atoms with van der Waals surface area (Å²) in [5.74, 6) is -0.978. The van der Waals surface area contributed by atoms with E-state index in [-0.39, 0.29) is 22.8 Å². The second-order valence-electron chi connectivity index (χ2n) is 6.21. The molecule has 1 unspecified atom stereocenters. The lowest BCUT2D eigenvalue weighted by Crippen LogP contribution is -2.31. The van der Waals surface area contributed by atoms with Crippen molar-refractivity contribution >= 4 is 17.6 Å². The molecule has 0 radical (unpaired) electrons. The number of aromatic carboxylic acids is 1. The Bertz CT molecular complexity index is 549. The number of benzene rings is 1. The molecular weight excluding hydrogens is 254 g/mol. The van der Waals surface area contributed by atoms with Crippen LogP contribution in [0.5, 0.6) is 0 Å². The highest BCUT2D eigenvalue weighted by Gasteiger charge is 2.39. The van der Waals surface area contributed by atoms with Crippen molar-refractivity contribution in [3.8, 4) is 0 Å². The molecule has 1 aromatic carbocycles. The van der Waals surface area contributed by atoms with Crippen molar-refractivity contribution in [2.45, 2.75) is 40.0 Å². The fourth-order valence-corrected chi connectivity index (χ4v) is 3.04. The van der Waals surface area contributed by atoms with Gasteiger partial charge < -0.3 is 10.4 Å². The van der Waals surface area contributed by atoms with Gasteiger partial charge in [-0.25, -0.2) is 4.79 Å². The Morgan fingerprint density at radius 1 is 1.35 bits per heavy atom. The standard InChI is InChI=1S/C16H21NO3/c1-10-11(15(19)20)6-4-8-13(10)17-14(18)12-7-5-9-16(12,2)3/h4,6,8,12H,5,7,9H2,1-3H3,(H,17,18)(H,19,20). The molecule has 1 atom stereocenters. The van der Waals surface area contributed by atoms with E-state index in [0.717, 1.165) is 19.3 Å². The molecule has 0 saturated heterocycles. The maximum atomic E-state index is 12.4. The van der Waals surface area contributed by atoms with Crippen LogP contribution < -0.4 is 5.32 Å². The van der Waals surface area contributed by atoms with Gasteiger partial charge in [0, 0.05) is 11.6 Å². The Balaban J connectivity index is 2.20. The van der Waals surface area contributed by atoms with Crippen molar-refractivity contribution in [1.29, 1.82) is 0 Å². The number of amides is 1. The van der Waals surface area contributed by atoms with Crippen molar-refractivity contribution in [1.82, 2.24) is 0 Å². The molecule has 108 valence electrons. The van der Waals surface area contributed by atoms with Gasteiger partial charge in [-0.15, -0.1) is 0 Å². The molecule has 0 spiro atoms. The number of nitrogens with one attached hydrogen (secondary N) is 1. The molecule has 1 aliphatic carbocycles. The van der Waals surface area contributed by atoms with Crippen LogP contribution in [0.25, 0.3) is 0 Å². The Morgan fingerprint density at radius 2 is 2.05 bits per heavy atom. The van der Waals surface area contributed by atoms with Gasteiger partial charge in [0.1, 0.15) is 0 Å². The molecule has 0 aliphatic heterocycles. The van der Waals surface area contributed by atoms with Crippen LogP contribution in [-0.2, 0) is 4.79 Å². The topological polar surface area (TPSA) is 66.4 Å². The van der Waals surface area contributed by atoms with Crippen LogP contribution >= 0.6 is 0 Å². The number of carboxylic acids is 1. The quantitative estimate of drug-likeness (QED) is 0.887. The molecule has 4 heteroatoms. The van der Waals surface area contributed by atoms with E-state index in [1.165, 1.54) is 0 Å². The van der Waals surface area contributed by atoms with Crippen LogP contribution in [0, 0.1) is 18.3 Å². The minimum Gasteiger partial charge on any atom is -0.478 e. The first-order valence-corrected chi connectivity index (χ1v) is 6.97. The first kappa shape index (κ1) is 14.6. The average Bonchev–Trinajstić information content (AvgIpc) is 2.71. The third-order valence-electron chi connectivity index (χ3n) is 4.40.